The Balaban J connectivity index is 2.23. The summed E-state index contributed by atoms with van der Waals surface area (Å²) >= 11 is 0. The van der Waals surface area contributed by atoms with Gasteiger partial charge in [0.2, 0.25) is 0 Å². The number of hydrogen-bond donors (Lipinski definition) is 1. The van der Waals surface area contributed by atoms with Crippen LogP contribution in [-0.4, -0.2) is 53.8 Å². The van der Waals surface area contributed by atoms with E-state index in [1.54, 1.807) is 0 Å². The lowest BCUT2D eigenvalue weighted by Crippen LogP contribution is -2.50. The molecule has 0 amide bonds. The molecule has 0 aromatic heterocycles. The zero-order chi connectivity index (χ0) is 13.2. The molecule has 0 saturated carbocycles. The van der Waals surface area contributed by atoms with E-state index in [1.807, 2.05) is 0 Å². The SMILES string of the molecule is O=C(O)C1CCCCCN1S(=O)(=O)N1CCCC1. The fourth-order valence-corrected chi connectivity index (χ4v) is 4.57. The Bertz CT molecular complexity index is 403. The molecule has 2 fully saturated rings. The van der Waals surface area contributed by atoms with Crippen molar-refractivity contribution in [3.05, 3.63) is 0 Å². The predicted molar refractivity (Wildman–Crippen MR) is 66.3 cm³/mol. The van der Waals surface area contributed by atoms with Crippen LogP contribution in [0.25, 0.3) is 0 Å². The maximum Gasteiger partial charge on any atom is 0.322 e. The van der Waals surface area contributed by atoms with Crippen molar-refractivity contribution in [1.82, 2.24) is 8.61 Å². The van der Waals surface area contributed by atoms with Crippen molar-refractivity contribution in [3.63, 3.8) is 0 Å². The molecule has 0 bridgehead atoms. The molecule has 1 atom stereocenters. The minimum atomic E-state index is -3.59. The molecule has 2 saturated heterocycles. The highest BCUT2D eigenvalue weighted by atomic mass is 32.2. The van der Waals surface area contributed by atoms with Crippen LogP contribution in [0.1, 0.15) is 38.5 Å². The van der Waals surface area contributed by atoms with Crippen molar-refractivity contribution in [1.29, 1.82) is 0 Å². The van der Waals surface area contributed by atoms with E-state index in [0.29, 0.717) is 26.1 Å². The Kier molecular flexibility index (Phi) is 4.24. The summed E-state index contributed by atoms with van der Waals surface area (Å²) in [6.45, 7) is 1.37. The molecule has 2 heterocycles. The molecular weight excluding hydrogens is 256 g/mol. The Morgan fingerprint density at radius 3 is 2.22 bits per heavy atom. The molecule has 0 radical (unpaired) electrons. The van der Waals surface area contributed by atoms with Crippen molar-refractivity contribution in [2.45, 2.75) is 44.6 Å². The number of carbonyl (C=O) groups is 1. The molecule has 0 spiro atoms. The van der Waals surface area contributed by atoms with E-state index >= 15 is 0 Å². The summed E-state index contributed by atoms with van der Waals surface area (Å²) in [5.74, 6) is -1.03. The minimum Gasteiger partial charge on any atom is -0.480 e. The number of nitrogens with zero attached hydrogens (tertiary/aromatic N) is 2. The van der Waals surface area contributed by atoms with Gasteiger partial charge in [-0.3, -0.25) is 4.79 Å². The zero-order valence-corrected chi connectivity index (χ0v) is 11.2. The van der Waals surface area contributed by atoms with Gasteiger partial charge in [0, 0.05) is 19.6 Å². The van der Waals surface area contributed by atoms with Gasteiger partial charge in [-0.15, -0.1) is 0 Å². The Labute approximate surface area is 108 Å². The Morgan fingerprint density at radius 1 is 1.00 bits per heavy atom. The van der Waals surface area contributed by atoms with Crippen molar-refractivity contribution in [2.75, 3.05) is 19.6 Å². The third-order valence-corrected chi connectivity index (χ3v) is 5.72. The predicted octanol–water partition coefficient (Wildman–Crippen LogP) is 0.656. The van der Waals surface area contributed by atoms with E-state index in [-0.39, 0.29) is 0 Å². The van der Waals surface area contributed by atoms with E-state index < -0.39 is 22.2 Å². The number of carboxylic acids is 1. The number of aliphatic carboxylic acids is 1. The molecule has 0 aliphatic carbocycles. The monoisotopic (exact) mass is 276 g/mol. The van der Waals surface area contributed by atoms with Crippen LogP contribution in [0, 0.1) is 0 Å². The molecule has 7 heteroatoms. The Morgan fingerprint density at radius 2 is 1.61 bits per heavy atom. The average Bonchev–Trinajstić information content (AvgIpc) is 2.73. The van der Waals surface area contributed by atoms with Gasteiger partial charge in [-0.05, 0) is 25.7 Å². The highest BCUT2D eigenvalue weighted by Crippen LogP contribution is 2.24. The third-order valence-electron chi connectivity index (χ3n) is 3.68. The summed E-state index contributed by atoms with van der Waals surface area (Å²) in [4.78, 5) is 11.3. The van der Waals surface area contributed by atoms with Crippen LogP contribution in [0.2, 0.25) is 0 Å². The summed E-state index contributed by atoms with van der Waals surface area (Å²) in [6, 6.07) is -0.891. The highest BCUT2D eigenvalue weighted by Gasteiger charge is 2.39. The number of hydrogen-bond acceptors (Lipinski definition) is 3. The van der Waals surface area contributed by atoms with Gasteiger partial charge < -0.3 is 5.11 Å². The molecule has 2 rings (SSSR count). The van der Waals surface area contributed by atoms with Gasteiger partial charge in [0.25, 0.3) is 10.2 Å². The van der Waals surface area contributed by atoms with E-state index in [9.17, 15) is 18.3 Å². The molecule has 104 valence electrons. The third kappa shape index (κ3) is 2.67. The molecule has 2 aliphatic heterocycles. The van der Waals surface area contributed by atoms with Gasteiger partial charge in [0.1, 0.15) is 6.04 Å². The van der Waals surface area contributed by atoms with Crippen LogP contribution in [0.4, 0.5) is 0 Å². The number of carboxylic acid groups (broad SMARTS) is 1. The Hall–Kier alpha value is -0.660. The van der Waals surface area contributed by atoms with E-state index in [1.165, 1.54) is 8.61 Å². The second-order valence-corrected chi connectivity index (χ2v) is 6.81. The first-order valence-corrected chi connectivity index (χ1v) is 7.93. The zero-order valence-electron chi connectivity index (χ0n) is 10.4. The molecular formula is C11H20N2O4S. The van der Waals surface area contributed by atoms with Gasteiger partial charge in [0.05, 0.1) is 0 Å². The van der Waals surface area contributed by atoms with Crippen molar-refractivity contribution in [3.8, 4) is 0 Å². The van der Waals surface area contributed by atoms with Crippen LogP contribution >= 0.6 is 0 Å². The molecule has 0 aromatic rings. The maximum absolute atomic E-state index is 12.4. The van der Waals surface area contributed by atoms with Crippen molar-refractivity contribution in [2.24, 2.45) is 0 Å². The normalized spacial score (nSPS) is 28.1. The van der Waals surface area contributed by atoms with Crippen LogP contribution in [0.5, 0.6) is 0 Å². The van der Waals surface area contributed by atoms with Gasteiger partial charge in [0.15, 0.2) is 0 Å². The van der Waals surface area contributed by atoms with Crippen molar-refractivity contribution < 1.29 is 18.3 Å². The van der Waals surface area contributed by atoms with Gasteiger partial charge in [-0.1, -0.05) is 12.8 Å². The highest BCUT2D eigenvalue weighted by molar-refractivity contribution is 7.86. The second kappa shape index (κ2) is 5.54. The smallest absolute Gasteiger partial charge is 0.322 e. The average molecular weight is 276 g/mol. The first-order valence-electron chi connectivity index (χ1n) is 6.53. The summed E-state index contributed by atoms with van der Waals surface area (Å²) in [6.07, 6.45) is 4.58. The lowest BCUT2D eigenvalue weighted by Gasteiger charge is -2.30. The first-order chi connectivity index (χ1) is 8.53. The topological polar surface area (TPSA) is 77.9 Å². The van der Waals surface area contributed by atoms with Gasteiger partial charge >= 0.3 is 5.97 Å². The van der Waals surface area contributed by atoms with E-state index in [4.69, 9.17) is 0 Å². The van der Waals surface area contributed by atoms with Crippen molar-refractivity contribution >= 4 is 16.2 Å². The summed E-state index contributed by atoms with van der Waals surface area (Å²) < 4.78 is 27.5. The quantitative estimate of drug-likeness (QED) is 0.821. The van der Waals surface area contributed by atoms with Crippen LogP contribution in [0.15, 0.2) is 0 Å². The lowest BCUT2D eigenvalue weighted by molar-refractivity contribution is -0.141. The fourth-order valence-electron chi connectivity index (χ4n) is 2.67. The van der Waals surface area contributed by atoms with E-state index in [2.05, 4.69) is 0 Å². The summed E-state index contributed by atoms with van der Waals surface area (Å²) in [7, 11) is -3.59. The molecule has 6 nitrogen and oxygen atoms in total. The van der Waals surface area contributed by atoms with Crippen LogP contribution in [0.3, 0.4) is 0 Å². The minimum absolute atomic E-state index is 0.329. The molecule has 0 aromatic carbocycles. The van der Waals surface area contributed by atoms with Gasteiger partial charge in [-0.25, -0.2) is 0 Å². The summed E-state index contributed by atoms with van der Waals surface area (Å²) in [5, 5.41) is 9.22. The fraction of sp³-hybridized carbons (Fsp3) is 0.909. The molecule has 1 unspecified atom stereocenters. The molecule has 1 N–H and O–H groups in total. The first kappa shape index (κ1) is 13.8. The number of rotatable bonds is 3. The lowest BCUT2D eigenvalue weighted by atomic mass is 10.1. The standard InChI is InChI=1S/C11H20N2O4S/c14-11(15)10-6-2-1-3-9-13(10)18(16,17)12-7-4-5-8-12/h10H,1-9H2,(H,14,15). The largest absolute Gasteiger partial charge is 0.480 e. The van der Waals surface area contributed by atoms with Crippen LogP contribution < -0.4 is 0 Å². The molecule has 2 aliphatic rings. The van der Waals surface area contributed by atoms with E-state index in [0.717, 1.165) is 32.1 Å². The maximum atomic E-state index is 12.4. The van der Waals surface area contributed by atoms with Gasteiger partial charge in [-0.2, -0.15) is 17.0 Å². The van der Waals surface area contributed by atoms with Crippen LogP contribution in [-0.2, 0) is 15.0 Å². The summed E-state index contributed by atoms with van der Waals surface area (Å²) in [5.41, 5.74) is 0. The molecule has 18 heavy (non-hydrogen) atoms. The second-order valence-electron chi connectivity index (χ2n) is 4.93.